The van der Waals surface area contributed by atoms with Crippen LogP contribution in [0.25, 0.3) is 11.3 Å². The van der Waals surface area contributed by atoms with Crippen LogP contribution in [0.3, 0.4) is 0 Å². The largest absolute Gasteiger partial charge is 0.465 e. The van der Waals surface area contributed by atoms with Gasteiger partial charge >= 0.3 is 5.97 Å². The molecule has 0 fully saturated rings. The Balaban J connectivity index is 1.48. The fraction of sp³-hybridized carbons (Fsp3) is 0.136. The van der Waals surface area contributed by atoms with Gasteiger partial charge in [0.1, 0.15) is 0 Å². The molecule has 3 aromatic rings. The molecule has 0 aliphatic heterocycles. The van der Waals surface area contributed by atoms with Crippen molar-refractivity contribution < 1.29 is 14.3 Å². The lowest BCUT2D eigenvalue weighted by molar-refractivity contribution is 0.0600. The monoisotopic (exact) mass is 390 g/mol. The lowest BCUT2D eigenvalue weighted by atomic mass is 10.1. The van der Waals surface area contributed by atoms with E-state index in [-0.39, 0.29) is 11.9 Å². The number of thiazole rings is 1. The summed E-state index contributed by atoms with van der Waals surface area (Å²) in [4.78, 5) is 28.0. The van der Waals surface area contributed by atoms with E-state index in [4.69, 9.17) is 0 Å². The average molecular weight is 390 g/mol. The van der Waals surface area contributed by atoms with Crippen molar-refractivity contribution in [2.24, 2.45) is 0 Å². The molecule has 0 bridgehead atoms. The molecule has 3 rings (SSSR count). The normalized spacial score (nSPS) is 9.89. The second kappa shape index (κ2) is 9.49. The molecule has 1 amide bonds. The van der Waals surface area contributed by atoms with Crippen molar-refractivity contribution in [2.75, 3.05) is 13.7 Å². The molecular weight excluding hydrogens is 372 g/mol. The second-order valence-corrected chi connectivity index (χ2v) is 6.64. The van der Waals surface area contributed by atoms with E-state index in [0.29, 0.717) is 23.5 Å². The molecule has 0 atom stereocenters. The topological polar surface area (TPSA) is 68.3 Å². The fourth-order valence-corrected chi connectivity index (χ4v) is 3.15. The first-order valence-corrected chi connectivity index (χ1v) is 9.52. The van der Waals surface area contributed by atoms with Gasteiger partial charge < -0.3 is 10.1 Å². The molecule has 0 aliphatic rings. The lowest BCUT2D eigenvalue weighted by Crippen LogP contribution is -2.24. The highest BCUT2D eigenvalue weighted by Crippen LogP contribution is 2.21. The number of nitrogens with one attached hydrogen (secondary N) is 1. The summed E-state index contributed by atoms with van der Waals surface area (Å²) < 4.78 is 4.66. The molecule has 0 radical (unpaired) electrons. The Morgan fingerprint density at radius 3 is 2.57 bits per heavy atom. The summed E-state index contributed by atoms with van der Waals surface area (Å²) in [6.45, 7) is 0.437. The molecule has 0 unspecified atom stereocenters. The number of nitrogens with zero attached hydrogens (tertiary/aromatic N) is 1. The van der Waals surface area contributed by atoms with Crippen molar-refractivity contribution >= 4 is 23.2 Å². The minimum atomic E-state index is -0.375. The van der Waals surface area contributed by atoms with Gasteiger partial charge in [0.15, 0.2) is 5.01 Å². The van der Waals surface area contributed by atoms with E-state index in [1.54, 1.807) is 24.3 Å². The van der Waals surface area contributed by atoms with Crippen LogP contribution in [0.5, 0.6) is 0 Å². The molecular formula is C22H18N2O3S. The van der Waals surface area contributed by atoms with E-state index in [2.05, 4.69) is 26.9 Å². The molecule has 0 saturated carbocycles. The smallest absolute Gasteiger partial charge is 0.337 e. The third-order valence-corrected chi connectivity index (χ3v) is 4.68. The maximum absolute atomic E-state index is 12.2. The van der Waals surface area contributed by atoms with E-state index >= 15 is 0 Å². The highest BCUT2D eigenvalue weighted by molar-refractivity contribution is 7.12. The molecule has 0 spiro atoms. The summed E-state index contributed by atoms with van der Waals surface area (Å²) in [5, 5.41) is 5.14. The summed E-state index contributed by atoms with van der Waals surface area (Å²) in [7, 11) is 1.35. The van der Waals surface area contributed by atoms with Crippen LogP contribution in [0.4, 0.5) is 0 Å². The molecule has 1 heterocycles. The van der Waals surface area contributed by atoms with Crippen LogP contribution in [0.2, 0.25) is 0 Å². The van der Waals surface area contributed by atoms with E-state index in [9.17, 15) is 9.59 Å². The Bertz CT molecular complexity index is 1020. The first-order chi connectivity index (χ1) is 13.7. The number of aromatic nitrogens is 1. The summed E-state index contributed by atoms with van der Waals surface area (Å²) in [6.07, 6.45) is 0.515. The van der Waals surface area contributed by atoms with Gasteiger partial charge in [-0.1, -0.05) is 42.2 Å². The van der Waals surface area contributed by atoms with Gasteiger partial charge in [-0.05, 0) is 24.3 Å². The maximum Gasteiger partial charge on any atom is 0.337 e. The Labute approximate surface area is 167 Å². The molecule has 0 saturated heterocycles. The standard InChI is InChI=1S/C22H18N2O3S/c1-27-22(26)18-12-10-16(11-13-18)7-5-6-14-23-20(25)21-24-19(15-28-21)17-8-3-2-4-9-17/h2-4,8-13,15H,6,14H2,1H3,(H,23,25). The van der Waals surface area contributed by atoms with Crippen LogP contribution in [-0.2, 0) is 4.74 Å². The fourth-order valence-electron chi connectivity index (χ4n) is 2.41. The number of ether oxygens (including phenoxy) is 1. The summed E-state index contributed by atoms with van der Waals surface area (Å²) >= 11 is 1.32. The third-order valence-electron chi connectivity index (χ3n) is 3.84. The molecule has 140 valence electrons. The van der Waals surface area contributed by atoms with E-state index in [1.807, 2.05) is 35.7 Å². The molecule has 6 heteroatoms. The molecule has 5 nitrogen and oxygen atoms in total. The maximum atomic E-state index is 12.2. The highest BCUT2D eigenvalue weighted by atomic mass is 32.1. The number of rotatable bonds is 5. The minimum Gasteiger partial charge on any atom is -0.465 e. The van der Waals surface area contributed by atoms with Crippen LogP contribution in [0, 0.1) is 11.8 Å². The van der Waals surface area contributed by atoms with Gasteiger partial charge in [0.2, 0.25) is 0 Å². The number of carbonyl (C=O) groups is 2. The van der Waals surface area contributed by atoms with Crippen LogP contribution >= 0.6 is 11.3 Å². The number of methoxy groups -OCH3 is 1. The number of amides is 1. The van der Waals surface area contributed by atoms with E-state index in [1.165, 1.54) is 18.4 Å². The number of hydrogen-bond donors (Lipinski definition) is 1. The van der Waals surface area contributed by atoms with E-state index < -0.39 is 0 Å². The number of benzene rings is 2. The minimum absolute atomic E-state index is 0.198. The number of esters is 1. The first-order valence-electron chi connectivity index (χ1n) is 8.64. The van der Waals surface area contributed by atoms with Gasteiger partial charge in [-0.3, -0.25) is 4.79 Å². The van der Waals surface area contributed by atoms with Gasteiger partial charge in [-0.15, -0.1) is 11.3 Å². The van der Waals surface area contributed by atoms with Crippen molar-refractivity contribution in [1.82, 2.24) is 10.3 Å². The zero-order valence-electron chi connectivity index (χ0n) is 15.3. The van der Waals surface area contributed by atoms with Gasteiger partial charge in [0.25, 0.3) is 5.91 Å². The second-order valence-electron chi connectivity index (χ2n) is 5.78. The van der Waals surface area contributed by atoms with Crippen molar-refractivity contribution in [3.8, 4) is 23.1 Å². The quantitative estimate of drug-likeness (QED) is 0.409. The summed E-state index contributed by atoms with van der Waals surface area (Å²) in [5.74, 6) is 5.43. The predicted octanol–water partition coefficient (Wildman–Crippen LogP) is 3.77. The highest BCUT2D eigenvalue weighted by Gasteiger charge is 2.11. The van der Waals surface area contributed by atoms with Crippen LogP contribution in [0.1, 0.15) is 32.1 Å². The average Bonchev–Trinajstić information content (AvgIpc) is 3.24. The summed E-state index contributed by atoms with van der Waals surface area (Å²) in [5.41, 5.74) is 3.07. The van der Waals surface area contributed by atoms with E-state index in [0.717, 1.165) is 16.8 Å². The van der Waals surface area contributed by atoms with Crippen molar-refractivity contribution in [3.05, 3.63) is 76.1 Å². The van der Waals surface area contributed by atoms with Crippen molar-refractivity contribution in [3.63, 3.8) is 0 Å². The van der Waals surface area contributed by atoms with Crippen LogP contribution < -0.4 is 5.32 Å². The van der Waals surface area contributed by atoms with Gasteiger partial charge in [0, 0.05) is 29.5 Å². The molecule has 0 aliphatic carbocycles. The van der Waals surface area contributed by atoms with Crippen LogP contribution in [-0.4, -0.2) is 30.5 Å². The van der Waals surface area contributed by atoms with Gasteiger partial charge in [0.05, 0.1) is 18.4 Å². The molecule has 28 heavy (non-hydrogen) atoms. The summed E-state index contributed by atoms with van der Waals surface area (Å²) in [6, 6.07) is 16.6. The molecule has 1 N–H and O–H groups in total. The Hall–Kier alpha value is -3.43. The van der Waals surface area contributed by atoms with Crippen molar-refractivity contribution in [2.45, 2.75) is 6.42 Å². The molecule has 1 aromatic heterocycles. The van der Waals surface area contributed by atoms with Gasteiger partial charge in [-0.2, -0.15) is 0 Å². The zero-order valence-corrected chi connectivity index (χ0v) is 16.1. The number of carbonyl (C=O) groups excluding carboxylic acids is 2. The van der Waals surface area contributed by atoms with Crippen molar-refractivity contribution in [1.29, 1.82) is 0 Å². The first kappa shape index (κ1) is 19.3. The Morgan fingerprint density at radius 1 is 1.11 bits per heavy atom. The predicted molar refractivity (Wildman–Crippen MR) is 109 cm³/mol. The lowest BCUT2D eigenvalue weighted by Gasteiger charge is -1.99. The molecule has 2 aromatic carbocycles. The zero-order chi connectivity index (χ0) is 19.8. The SMILES string of the molecule is COC(=O)c1ccc(C#CCCNC(=O)c2nc(-c3ccccc3)cs2)cc1. The Morgan fingerprint density at radius 2 is 1.86 bits per heavy atom. The third kappa shape index (κ3) is 5.06. The number of hydrogen-bond acceptors (Lipinski definition) is 5. The van der Waals surface area contributed by atoms with Gasteiger partial charge in [-0.25, -0.2) is 9.78 Å². The van der Waals surface area contributed by atoms with Crippen LogP contribution in [0.15, 0.2) is 60.0 Å². The Kier molecular flexibility index (Phi) is 6.55.